The average Bonchev–Trinajstić information content (AvgIpc) is 3.19. The number of carbonyl (C=O) groups is 3. The van der Waals surface area contributed by atoms with Crippen molar-refractivity contribution >= 4 is 17.5 Å². The van der Waals surface area contributed by atoms with E-state index in [1.165, 1.54) is 5.57 Å². The molecule has 5 aliphatic rings. The highest BCUT2D eigenvalue weighted by molar-refractivity contribution is 6.01. The predicted octanol–water partition coefficient (Wildman–Crippen LogP) is 3.71. The van der Waals surface area contributed by atoms with Gasteiger partial charge in [-0.25, -0.2) is 0 Å². The molecule has 8 atom stereocenters. The summed E-state index contributed by atoms with van der Waals surface area (Å²) in [7, 11) is 0. The third-order valence-corrected chi connectivity index (χ3v) is 9.90. The Bertz CT molecular complexity index is 886. The van der Waals surface area contributed by atoms with Crippen molar-refractivity contribution in [3.8, 4) is 0 Å². The topological polar surface area (TPSA) is 91.7 Å². The third-order valence-electron chi connectivity index (χ3n) is 9.90. The molecule has 0 saturated heterocycles. The van der Waals surface area contributed by atoms with Gasteiger partial charge in [0.05, 0.1) is 6.10 Å². The Labute approximate surface area is 177 Å². The molecule has 2 N–H and O–H groups in total. The van der Waals surface area contributed by atoms with Crippen LogP contribution in [-0.4, -0.2) is 33.9 Å². The van der Waals surface area contributed by atoms with E-state index in [9.17, 15) is 24.6 Å². The zero-order valence-corrected chi connectivity index (χ0v) is 17.9. The molecule has 0 aromatic carbocycles. The highest BCUT2D eigenvalue weighted by atomic mass is 16.4. The molecule has 2 unspecified atom stereocenters. The summed E-state index contributed by atoms with van der Waals surface area (Å²) in [6.45, 7) is 4.54. The van der Waals surface area contributed by atoms with Crippen LogP contribution in [0.5, 0.6) is 0 Å². The third kappa shape index (κ3) is 2.60. The second kappa shape index (κ2) is 6.38. The van der Waals surface area contributed by atoms with Crippen LogP contribution in [0.1, 0.15) is 65.2 Å². The number of hydrogen-bond acceptors (Lipinski definition) is 4. The fraction of sp³-hybridized carbons (Fsp3) is 0.720. The van der Waals surface area contributed by atoms with Gasteiger partial charge in [-0.15, -0.1) is 0 Å². The van der Waals surface area contributed by atoms with E-state index in [2.05, 4.69) is 19.9 Å². The summed E-state index contributed by atoms with van der Waals surface area (Å²) in [5.74, 6) is 0.530. The molecule has 0 radical (unpaired) electrons. The lowest BCUT2D eigenvalue weighted by Crippen LogP contribution is -2.50. The van der Waals surface area contributed by atoms with Crippen LogP contribution in [0.3, 0.4) is 0 Å². The number of carboxylic acid groups (broad SMARTS) is 1. The Morgan fingerprint density at radius 3 is 2.53 bits per heavy atom. The summed E-state index contributed by atoms with van der Waals surface area (Å²) in [6, 6.07) is 0. The molecule has 5 nitrogen and oxygen atoms in total. The second-order valence-electron chi connectivity index (χ2n) is 11.1. The fourth-order valence-electron chi connectivity index (χ4n) is 7.94. The highest BCUT2D eigenvalue weighted by Crippen LogP contribution is 2.66. The van der Waals surface area contributed by atoms with Gasteiger partial charge in [-0.05, 0) is 80.3 Å². The van der Waals surface area contributed by atoms with Crippen LogP contribution in [0.2, 0.25) is 0 Å². The maximum atomic E-state index is 13.3. The van der Waals surface area contributed by atoms with E-state index in [0.717, 1.165) is 38.5 Å². The molecule has 0 heterocycles. The smallest absolute Gasteiger partial charge is 0.312 e. The zero-order valence-electron chi connectivity index (χ0n) is 17.9. The number of hydrogen-bond donors (Lipinski definition) is 2. The van der Waals surface area contributed by atoms with Gasteiger partial charge in [0, 0.05) is 17.8 Å². The van der Waals surface area contributed by atoms with Crippen LogP contribution in [-0.2, 0) is 14.4 Å². The lowest BCUT2D eigenvalue weighted by Gasteiger charge is -2.57. The number of carbonyl (C=O) groups excluding carboxylic acids is 2. The van der Waals surface area contributed by atoms with Crippen molar-refractivity contribution in [2.45, 2.75) is 71.3 Å². The monoisotopic (exact) mass is 412 g/mol. The number of aliphatic hydroxyl groups excluding tert-OH is 1. The highest BCUT2D eigenvalue weighted by Gasteiger charge is 2.64. The van der Waals surface area contributed by atoms with E-state index >= 15 is 0 Å². The summed E-state index contributed by atoms with van der Waals surface area (Å²) < 4.78 is 0. The van der Waals surface area contributed by atoms with Crippen molar-refractivity contribution in [2.24, 2.45) is 39.9 Å². The molecular formula is C25H32O5. The Morgan fingerprint density at radius 1 is 1.13 bits per heavy atom. The molecule has 162 valence electrons. The van der Waals surface area contributed by atoms with Gasteiger partial charge in [-0.2, -0.15) is 0 Å². The van der Waals surface area contributed by atoms with E-state index in [-0.39, 0.29) is 41.2 Å². The average molecular weight is 413 g/mol. The lowest BCUT2D eigenvalue weighted by molar-refractivity contribution is -0.148. The summed E-state index contributed by atoms with van der Waals surface area (Å²) in [6.07, 6.45) is 10.9. The first kappa shape index (κ1) is 20.2. The van der Waals surface area contributed by atoms with Gasteiger partial charge in [0.25, 0.3) is 0 Å². The van der Waals surface area contributed by atoms with E-state index in [1.807, 2.05) is 6.08 Å². The molecule has 4 saturated carbocycles. The summed E-state index contributed by atoms with van der Waals surface area (Å²) in [4.78, 5) is 36.8. The zero-order chi connectivity index (χ0) is 21.5. The molecule has 30 heavy (non-hydrogen) atoms. The van der Waals surface area contributed by atoms with Crippen molar-refractivity contribution in [1.82, 2.24) is 0 Å². The Hall–Kier alpha value is -1.75. The molecular weight excluding hydrogens is 380 g/mol. The van der Waals surface area contributed by atoms with Gasteiger partial charge in [-0.3, -0.25) is 14.4 Å². The molecule has 4 fully saturated rings. The molecule has 5 heteroatoms. The largest absolute Gasteiger partial charge is 0.481 e. The van der Waals surface area contributed by atoms with E-state index in [4.69, 9.17) is 0 Å². The van der Waals surface area contributed by atoms with E-state index < -0.39 is 17.5 Å². The Morgan fingerprint density at radius 2 is 1.87 bits per heavy atom. The number of fused-ring (bicyclic) bond motifs is 5. The number of aliphatic hydroxyl groups is 1. The molecule has 0 aromatic heterocycles. The number of carboxylic acids is 1. The Kier molecular flexibility index (Phi) is 4.29. The molecule has 0 amide bonds. The lowest BCUT2D eigenvalue weighted by atomic mass is 9.47. The van der Waals surface area contributed by atoms with Crippen LogP contribution in [0, 0.1) is 39.9 Å². The quantitative estimate of drug-likeness (QED) is 0.734. The van der Waals surface area contributed by atoms with Crippen molar-refractivity contribution in [2.75, 3.05) is 0 Å². The number of Topliss-reactive ketones (excluding diaryl/α,β-unsaturated/α-hetero) is 1. The molecule has 0 aliphatic heterocycles. The van der Waals surface area contributed by atoms with Crippen LogP contribution >= 0.6 is 0 Å². The van der Waals surface area contributed by atoms with Gasteiger partial charge in [-0.1, -0.05) is 25.5 Å². The molecule has 0 spiro atoms. The van der Waals surface area contributed by atoms with Gasteiger partial charge in [0.2, 0.25) is 0 Å². The second-order valence-corrected chi connectivity index (χ2v) is 11.1. The maximum Gasteiger partial charge on any atom is 0.312 e. The number of ketones is 2. The molecule has 0 bridgehead atoms. The van der Waals surface area contributed by atoms with Gasteiger partial charge in [0.15, 0.2) is 5.78 Å². The van der Waals surface area contributed by atoms with Crippen LogP contribution in [0.15, 0.2) is 23.8 Å². The number of aliphatic carboxylic acids is 1. The molecule has 5 rings (SSSR count). The van der Waals surface area contributed by atoms with Gasteiger partial charge in [0.1, 0.15) is 11.2 Å². The van der Waals surface area contributed by atoms with Crippen LogP contribution in [0.25, 0.3) is 0 Å². The van der Waals surface area contributed by atoms with Gasteiger partial charge >= 0.3 is 5.97 Å². The molecule has 5 aliphatic carbocycles. The van der Waals surface area contributed by atoms with Crippen LogP contribution in [0.4, 0.5) is 0 Å². The fourth-order valence-corrected chi connectivity index (χ4v) is 7.94. The minimum atomic E-state index is -1.24. The van der Waals surface area contributed by atoms with Crippen molar-refractivity contribution < 1.29 is 24.6 Å². The van der Waals surface area contributed by atoms with Crippen LogP contribution < -0.4 is 0 Å². The van der Waals surface area contributed by atoms with Crippen molar-refractivity contribution in [3.63, 3.8) is 0 Å². The first-order chi connectivity index (χ1) is 14.1. The first-order valence-corrected chi connectivity index (χ1v) is 11.5. The normalized spacial score (nSPS) is 49.0. The van der Waals surface area contributed by atoms with E-state index in [1.54, 1.807) is 6.08 Å². The first-order valence-electron chi connectivity index (χ1n) is 11.5. The summed E-state index contributed by atoms with van der Waals surface area (Å²) in [5, 5.41) is 19.4. The SMILES string of the molecule is C[C@]12CC[C@H]3[C@@H](CCC4=CC(=O)C=C[C@@]43C)[C@@H]1CC[C@@H]2C(=O)CC1(C(=O)O)CC1O. The molecule has 0 aromatic rings. The summed E-state index contributed by atoms with van der Waals surface area (Å²) >= 11 is 0. The van der Waals surface area contributed by atoms with Crippen molar-refractivity contribution in [3.05, 3.63) is 23.8 Å². The predicted molar refractivity (Wildman–Crippen MR) is 110 cm³/mol. The number of allylic oxidation sites excluding steroid dienone is 4. The summed E-state index contributed by atoms with van der Waals surface area (Å²) in [5.41, 5.74) is -0.0910. The Balaban J connectivity index is 1.38. The maximum absolute atomic E-state index is 13.3. The minimum absolute atomic E-state index is 0.0278. The van der Waals surface area contributed by atoms with E-state index in [0.29, 0.717) is 17.8 Å². The number of rotatable bonds is 4. The standard InChI is InChI=1S/C25H32O5/c1-23-9-7-15(26)11-14(23)3-4-16-17-5-6-19(24(17,2)10-8-18(16)23)20(27)12-25(22(29)30)13-21(25)28/h7,9,11,16-19,21,28H,3-6,8,10,12-13H2,1-2H3,(H,29,30)/t16-,17-,18-,19+,21?,23-,24-,25?/m0/s1. The van der Waals surface area contributed by atoms with Crippen molar-refractivity contribution in [1.29, 1.82) is 0 Å². The van der Waals surface area contributed by atoms with Gasteiger partial charge < -0.3 is 10.2 Å². The minimum Gasteiger partial charge on any atom is -0.481 e.